The largest absolute Gasteiger partial charge is 0.288 e. The third kappa shape index (κ3) is 12.9. The maximum atomic E-state index is 17.2. The van der Waals surface area contributed by atoms with Gasteiger partial charge in [0.2, 0.25) is 0 Å². The predicted molar refractivity (Wildman–Crippen MR) is 386 cm³/mol. The molecule has 0 saturated heterocycles. The van der Waals surface area contributed by atoms with Crippen molar-refractivity contribution in [2.75, 3.05) is 0 Å². The number of benzene rings is 8. The monoisotopic (exact) mass is 1450 g/mol. The molecule has 0 N–H and O–H groups in total. The molecule has 8 aromatic rings. The normalized spacial score (nSPS) is 15.6. The van der Waals surface area contributed by atoms with E-state index in [0.29, 0.717) is 112 Å². The van der Waals surface area contributed by atoms with Crippen LogP contribution in [0.4, 0.5) is 45.5 Å². The number of rotatable bonds is 16. The molecule has 5 aliphatic rings. The lowest BCUT2D eigenvalue weighted by atomic mass is 10.1. The van der Waals surface area contributed by atoms with Gasteiger partial charge in [0.15, 0.2) is 5.78 Å². The first-order chi connectivity index (χ1) is 47.1. The van der Waals surface area contributed by atoms with Crippen LogP contribution in [0.5, 0.6) is 0 Å². The highest BCUT2D eigenvalue weighted by Gasteiger charge is 2.48. The quantitative estimate of drug-likeness (QED) is 0.0492. The van der Waals surface area contributed by atoms with Crippen LogP contribution in [0.2, 0.25) is 0 Å². The molecule has 0 unspecified atom stereocenters. The molecule has 0 bridgehead atoms. The fourth-order valence-corrected chi connectivity index (χ4v) is 21.7. The Kier molecular flexibility index (Phi) is 18.2. The third-order valence-electron chi connectivity index (χ3n) is 15.1. The van der Waals surface area contributed by atoms with Crippen molar-refractivity contribution in [1.82, 2.24) is 0 Å². The van der Waals surface area contributed by atoms with Crippen LogP contribution in [0.25, 0.3) is 39.2 Å². The molecule has 0 spiro atoms. The zero-order valence-electron chi connectivity index (χ0n) is 48.8. The summed E-state index contributed by atoms with van der Waals surface area (Å²) in [6.45, 7) is 0. The average Bonchev–Trinajstić information content (AvgIpc) is 1.56. The maximum absolute atomic E-state index is 17.2. The van der Waals surface area contributed by atoms with Gasteiger partial charge in [0.05, 0.1) is 67.5 Å². The van der Waals surface area contributed by atoms with Gasteiger partial charge in [0, 0.05) is 147 Å². The van der Waals surface area contributed by atoms with E-state index in [1.54, 1.807) is 48.5 Å². The molecule has 4 heterocycles. The average molecular weight is 1450 g/mol. The minimum Gasteiger partial charge on any atom is -0.288 e. The predicted octanol–water partition coefficient (Wildman–Crippen LogP) is 19.7. The Bertz CT molecular complexity index is 4570. The molecule has 33 heteroatoms. The van der Waals surface area contributed by atoms with Gasteiger partial charge in [0.1, 0.15) is 0 Å². The van der Waals surface area contributed by atoms with Gasteiger partial charge in [0.25, 0.3) is 45.5 Å². The van der Waals surface area contributed by atoms with Crippen molar-refractivity contribution in [1.29, 1.82) is 0 Å². The summed E-state index contributed by atoms with van der Waals surface area (Å²) in [5, 5.41) is 96.8. The summed E-state index contributed by atoms with van der Waals surface area (Å²) >= 11 is 9.33. The van der Waals surface area contributed by atoms with Gasteiger partial charge >= 0.3 is 0 Å². The highest BCUT2D eigenvalue weighted by molar-refractivity contribution is 8.36. The molecule has 1 saturated carbocycles. The number of hydrogen-bond donors (Lipinski definition) is 0. The number of nitrogens with zero attached hydrogens (tertiary/aromatic N) is 8. The SMILES string of the molecule is O=C1C(=C2SC(c3ccc([N+](=O)[O-])cc3)=C(c3ccc([N+](=O)[O-])cc3)S2)C(=C2SC(c3ccc([N+](=O)[O-])cc3)=C(c3ccc([N+](=O)[O-])cc3)S2)C(=C2SC(c3ccc([N+](=O)[O-])cc3)=C(c3ccc([N+](=O)[O-])cc3)S2)C1=C1SC(c2ccc([N+](=O)[O-])cc2)=C(c2ccc([N+](=O)[O-])cc2)S1. The van der Waals surface area contributed by atoms with Crippen LogP contribution in [-0.2, 0) is 4.79 Å². The molecule has 13 rings (SSSR count). The van der Waals surface area contributed by atoms with Crippen LogP contribution >= 0.6 is 94.1 Å². The molecule has 4 aliphatic heterocycles. The highest BCUT2D eigenvalue weighted by Crippen LogP contribution is 2.70. The van der Waals surface area contributed by atoms with Gasteiger partial charge in [-0.3, -0.25) is 85.7 Å². The molecule has 98 heavy (non-hydrogen) atoms. The Morgan fingerprint density at radius 1 is 0.184 bits per heavy atom. The van der Waals surface area contributed by atoms with Crippen molar-refractivity contribution in [2.24, 2.45) is 0 Å². The minimum atomic E-state index is -0.579. The number of non-ortho nitro benzene ring substituents is 8. The van der Waals surface area contributed by atoms with Crippen LogP contribution < -0.4 is 0 Å². The molecule has 0 radical (unpaired) electrons. The lowest BCUT2D eigenvalue weighted by Gasteiger charge is -2.13. The van der Waals surface area contributed by atoms with Crippen molar-refractivity contribution in [2.45, 2.75) is 0 Å². The summed E-state index contributed by atoms with van der Waals surface area (Å²) in [7, 11) is 0. The smallest absolute Gasteiger partial charge is 0.269 e. The first kappa shape index (κ1) is 66.0. The van der Waals surface area contributed by atoms with E-state index in [2.05, 4.69) is 0 Å². The highest BCUT2D eigenvalue weighted by atomic mass is 32.2. The van der Waals surface area contributed by atoms with Gasteiger partial charge in [-0.15, -0.1) is 0 Å². The summed E-state index contributed by atoms with van der Waals surface area (Å²) in [5.41, 5.74) is 2.63. The van der Waals surface area contributed by atoms with Crippen molar-refractivity contribution >= 4 is 185 Å². The second-order valence-electron chi connectivity index (χ2n) is 20.9. The van der Waals surface area contributed by atoms with Crippen molar-refractivity contribution in [3.63, 3.8) is 0 Å². The minimum absolute atomic E-state index is 0.0908. The number of ketones is 1. The zero-order valence-corrected chi connectivity index (χ0v) is 55.3. The molecule has 0 amide bonds. The van der Waals surface area contributed by atoms with Crippen LogP contribution in [0.3, 0.4) is 0 Å². The number of allylic oxidation sites excluding steroid dienone is 4. The summed E-state index contributed by atoms with van der Waals surface area (Å²) in [4.78, 5) is 113. The van der Waals surface area contributed by atoms with Crippen molar-refractivity contribution < 1.29 is 44.2 Å². The first-order valence-electron chi connectivity index (χ1n) is 28.0. The van der Waals surface area contributed by atoms with E-state index in [4.69, 9.17) is 0 Å². The Hall–Kier alpha value is -10.7. The van der Waals surface area contributed by atoms with E-state index >= 15 is 4.79 Å². The van der Waals surface area contributed by atoms with Crippen LogP contribution in [0, 0.1) is 80.9 Å². The Morgan fingerprint density at radius 2 is 0.296 bits per heavy atom. The van der Waals surface area contributed by atoms with Gasteiger partial charge < -0.3 is 0 Å². The van der Waals surface area contributed by atoms with Gasteiger partial charge in [-0.2, -0.15) is 0 Å². The van der Waals surface area contributed by atoms with Gasteiger partial charge in [-0.1, -0.05) is 94.1 Å². The molecule has 8 aromatic carbocycles. The summed E-state index contributed by atoms with van der Waals surface area (Å²) in [6, 6.07) is 45.6. The fourth-order valence-electron chi connectivity index (χ4n) is 10.4. The van der Waals surface area contributed by atoms with Crippen molar-refractivity contribution in [3.8, 4) is 0 Å². The molecule has 1 fully saturated rings. The Labute approximate surface area is 583 Å². The van der Waals surface area contributed by atoms with Gasteiger partial charge in [-0.25, -0.2) is 0 Å². The molecule has 25 nitrogen and oxygen atoms in total. The van der Waals surface area contributed by atoms with E-state index < -0.39 is 45.2 Å². The van der Waals surface area contributed by atoms with E-state index in [9.17, 15) is 80.9 Å². The number of carbonyl (C=O) groups is 1. The van der Waals surface area contributed by atoms with Gasteiger partial charge in [-0.05, 0) is 142 Å². The van der Waals surface area contributed by atoms with E-state index in [1.807, 2.05) is 0 Å². The first-order valence-corrected chi connectivity index (χ1v) is 34.5. The zero-order chi connectivity index (χ0) is 69.0. The molecule has 1 aliphatic carbocycles. The lowest BCUT2D eigenvalue weighted by molar-refractivity contribution is -0.385. The number of carbonyl (C=O) groups excluding carboxylic acids is 1. The van der Waals surface area contributed by atoms with Crippen LogP contribution in [0.1, 0.15) is 44.5 Å². The second kappa shape index (κ2) is 27.1. The molecule has 0 aromatic heterocycles. The summed E-state index contributed by atoms with van der Waals surface area (Å²) in [5.74, 6) is -0.579. The van der Waals surface area contributed by atoms with E-state index in [-0.39, 0.29) is 56.6 Å². The van der Waals surface area contributed by atoms with Crippen molar-refractivity contribution in [3.05, 3.63) is 359 Å². The second-order valence-corrected chi connectivity index (χ2v) is 30.1. The summed E-state index contributed by atoms with van der Waals surface area (Å²) in [6.07, 6.45) is 0. The van der Waals surface area contributed by atoms with Crippen LogP contribution in [-0.4, -0.2) is 45.2 Å². The standard InChI is InChI=1S/C65H32N8O17S8/c74-53-51(64-95-58(37-9-25-45(26-10-37)70(83)84)59(96-64)38-11-27-46(28-12-38)71(85)86)49(62-91-54(33-1-17-41(18-2-33)66(75)76)55(92-62)34-3-19-42(20-4-34)67(77)78)50(63-93-56(35-5-21-43(22-6-35)68(79)80)57(94-63)36-7-23-44(24-8-36)69(81)82)52(53)65-97-60(39-13-29-47(30-14-39)72(87)88)61(98-65)40-15-31-48(32-16-40)73(89)90/h1-32H. The topological polar surface area (TPSA) is 362 Å². The molecule has 0 atom stereocenters. The molecular formula is C65H32N8O17S8. The Balaban J connectivity index is 1.12. The number of nitro benzene ring substituents is 8. The maximum Gasteiger partial charge on any atom is 0.269 e. The number of Topliss-reactive ketones (excluding diaryl/α,β-unsaturated/α-hetero) is 1. The number of thioether (sulfide) groups is 8. The van der Waals surface area contributed by atoms with E-state index in [0.717, 1.165) is 47.0 Å². The van der Waals surface area contributed by atoms with Crippen LogP contribution in [0.15, 0.2) is 233 Å². The molecular weight excluding hydrogens is 1420 g/mol. The van der Waals surface area contributed by atoms with E-state index in [1.165, 1.54) is 193 Å². The number of hydrogen-bond acceptors (Lipinski definition) is 25. The Morgan fingerprint density at radius 3 is 0.408 bits per heavy atom. The number of nitro groups is 8. The lowest BCUT2D eigenvalue weighted by Crippen LogP contribution is -1.99. The third-order valence-corrected chi connectivity index (χ3v) is 25.9. The summed E-state index contributed by atoms with van der Waals surface area (Å²) < 4.78 is 1.54. The fraction of sp³-hybridized carbons (Fsp3) is 0. The molecule has 482 valence electrons.